The maximum atomic E-state index is 12.4. The van der Waals surface area contributed by atoms with E-state index in [1.54, 1.807) is 23.7 Å². The Bertz CT molecular complexity index is 854. The Morgan fingerprint density at radius 2 is 2.20 bits per heavy atom. The smallest absolute Gasteiger partial charge is 0.261 e. The van der Waals surface area contributed by atoms with E-state index in [1.807, 2.05) is 6.26 Å². The van der Waals surface area contributed by atoms with Gasteiger partial charge in [-0.15, -0.1) is 5.10 Å². The van der Waals surface area contributed by atoms with Crippen LogP contribution in [0.2, 0.25) is 0 Å². The first-order chi connectivity index (χ1) is 9.65. The number of hydrogen-bond acceptors (Lipinski definition) is 6. The highest BCUT2D eigenvalue weighted by molar-refractivity contribution is 7.98. The maximum Gasteiger partial charge on any atom is 0.261 e. The highest BCUT2D eigenvalue weighted by Gasteiger charge is 2.13. The summed E-state index contributed by atoms with van der Waals surface area (Å²) in [5, 5.41) is 14.4. The van der Waals surface area contributed by atoms with Gasteiger partial charge >= 0.3 is 0 Å². The summed E-state index contributed by atoms with van der Waals surface area (Å²) in [5.41, 5.74) is 1.12. The van der Waals surface area contributed by atoms with Crippen molar-refractivity contribution in [2.24, 2.45) is 0 Å². The number of fused-ring (bicyclic) bond motifs is 3. The first-order valence-electron chi connectivity index (χ1n) is 6.07. The summed E-state index contributed by atoms with van der Waals surface area (Å²) in [6.45, 7) is 1.96. The van der Waals surface area contributed by atoms with Crippen LogP contribution in [-0.2, 0) is 6.54 Å². The Hall–Kier alpha value is -1.93. The third-order valence-electron chi connectivity index (χ3n) is 3.10. The lowest BCUT2D eigenvalue weighted by Crippen LogP contribution is -2.22. The zero-order chi connectivity index (χ0) is 14.3. The van der Waals surface area contributed by atoms with Crippen LogP contribution in [0.25, 0.3) is 16.7 Å². The second kappa shape index (κ2) is 4.88. The lowest BCUT2D eigenvalue weighted by atomic mass is 10.2. The molecule has 3 heterocycles. The van der Waals surface area contributed by atoms with E-state index in [4.69, 9.17) is 5.11 Å². The third kappa shape index (κ3) is 1.88. The van der Waals surface area contributed by atoms with E-state index in [0.29, 0.717) is 27.5 Å². The topological polar surface area (TPSA) is 85.3 Å². The molecular weight excluding hydrogens is 278 g/mol. The van der Waals surface area contributed by atoms with Crippen molar-refractivity contribution >= 4 is 28.4 Å². The van der Waals surface area contributed by atoms with Gasteiger partial charge in [-0.3, -0.25) is 4.79 Å². The summed E-state index contributed by atoms with van der Waals surface area (Å²) in [5.74, 6) is 0.485. The molecule has 8 heteroatoms. The van der Waals surface area contributed by atoms with Crippen LogP contribution in [0.1, 0.15) is 5.69 Å². The van der Waals surface area contributed by atoms with Crippen LogP contribution in [-0.4, -0.2) is 42.1 Å². The van der Waals surface area contributed by atoms with Crippen molar-refractivity contribution in [3.8, 4) is 0 Å². The van der Waals surface area contributed by atoms with Crippen LogP contribution in [0.5, 0.6) is 0 Å². The second-order valence-electron chi connectivity index (χ2n) is 4.31. The van der Waals surface area contributed by atoms with Crippen LogP contribution in [0.3, 0.4) is 0 Å². The van der Waals surface area contributed by atoms with Gasteiger partial charge in [0.15, 0.2) is 0 Å². The minimum absolute atomic E-state index is 0.0833. The van der Waals surface area contributed by atoms with Crippen LogP contribution < -0.4 is 5.56 Å². The van der Waals surface area contributed by atoms with Crippen molar-refractivity contribution in [1.29, 1.82) is 0 Å². The molecule has 0 fully saturated rings. The molecule has 3 aromatic rings. The van der Waals surface area contributed by atoms with Crippen molar-refractivity contribution < 1.29 is 5.11 Å². The van der Waals surface area contributed by atoms with Gasteiger partial charge in [-0.05, 0) is 19.2 Å². The van der Waals surface area contributed by atoms with Gasteiger partial charge in [0, 0.05) is 12.7 Å². The molecule has 0 saturated carbocycles. The van der Waals surface area contributed by atoms with Gasteiger partial charge in [0.2, 0.25) is 5.16 Å². The highest BCUT2D eigenvalue weighted by atomic mass is 32.2. The molecule has 0 aliphatic rings. The lowest BCUT2D eigenvalue weighted by Gasteiger charge is -2.07. The molecule has 3 aromatic heterocycles. The minimum atomic E-state index is -0.176. The predicted molar refractivity (Wildman–Crippen MR) is 76.2 cm³/mol. The summed E-state index contributed by atoms with van der Waals surface area (Å²) in [4.78, 5) is 21.0. The quantitative estimate of drug-likeness (QED) is 0.706. The number of rotatable bonds is 3. The number of thioether (sulfide) groups is 1. The van der Waals surface area contributed by atoms with E-state index in [1.165, 1.54) is 16.3 Å². The Morgan fingerprint density at radius 1 is 1.40 bits per heavy atom. The number of aromatic nitrogens is 5. The molecule has 0 amide bonds. The molecule has 0 atom stereocenters. The Kier molecular flexibility index (Phi) is 3.19. The van der Waals surface area contributed by atoms with Crippen molar-refractivity contribution in [1.82, 2.24) is 24.1 Å². The standard InChI is InChI=1S/C12H13N5O2S/c1-7-9-8(3-4-16(5-6-18)10(9)19)17-11(13-7)14-12(15-17)20-2/h3-4,18H,5-6H2,1-2H3. The van der Waals surface area contributed by atoms with E-state index in [0.717, 1.165) is 0 Å². The largest absolute Gasteiger partial charge is 0.395 e. The minimum Gasteiger partial charge on any atom is -0.395 e. The first kappa shape index (κ1) is 13.1. The van der Waals surface area contributed by atoms with Gasteiger partial charge in [0.25, 0.3) is 11.3 Å². The van der Waals surface area contributed by atoms with E-state index >= 15 is 0 Å². The average molecular weight is 291 g/mol. The normalized spacial score (nSPS) is 11.6. The number of hydrogen-bond donors (Lipinski definition) is 1. The highest BCUT2D eigenvalue weighted by Crippen LogP contribution is 2.17. The maximum absolute atomic E-state index is 12.4. The molecule has 0 bridgehead atoms. The number of nitrogens with zero attached hydrogens (tertiary/aromatic N) is 5. The number of aliphatic hydroxyl groups excluding tert-OH is 1. The van der Waals surface area contributed by atoms with Crippen molar-refractivity contribution in [2.75, 3.05) is 12.9 Å². The molecule has 0 saturated heterocycles. The first-order valence-corrected chi connectivity index (χ1v) is 7.29. The molecule has 0 spiro atoms. The zero-order valence-corrected chi connectivity index (χ0v) is 11.9. The molecule has 20 heavy (non-hydrogen) atoms. The monoisotopic (exact) mass is 291 g/mol. The van der Waals surface area contributed by atoms with Crippen LogP contribution in [0.4, 0.5) is 0 Å². The molecule has 7 nitrogen and oxygen atoms in total. The van der Waals surface area contributed by atoms with Gasteiger partial charge < -0.3 is 9.67 Å². The average Bonchev–Trinajstić information content (AvgIpc) is 2.84. The Labute approximate surface area is 118 Å². The van der Waals surface area contributed by atoms with E-state index in [2.05, 4.69) is 15.1 Å². The number of aliphatic hydroxyl groups is 1. The fraction of sp³-hybridized carbons (Fsp3) is 0.333. The molecule has 0 unspecified atom stereocenters. The lowest BCUT2D eigenvalue weighted by molar-refractivity contribution is 0.274. The second-order valence-corrected chi connectivity index (χ2v) is 5.08. The molecule has 0 aliphatic carbocycles. The molecular formula is C12H13N5O2S. The van der Waals surface area contributed by atoms with Gasteiger partial charge in [-0.1, -0.05) is 11.8 Å². The summed E-state index contributed by atoms with van der Waals surface area (Å²) in [6, 6.07) is 1.80. The molecule has 3 rings (SSSR count). The summed E-state index contributed by atoms with van der Waals surface area (Å²) in [6.07, 6.45) is 3.54. The van der Waals surface area contributed by atoms with E-state index < -0.39 is 0 Å². The van der Waals surface area contributed by atoms with Crippen molar-refractivity contribution in [2.45, 2.75) is 18.6 Å². The van der Waals surface area contributed by atoms with Gasteiger partial charge in [0.1, 0.15) is 0 Å². The number of pyridine rings is 1. The Morgan fingerprint density at radius 3 is 2.90 bits per heavy atom. The van der Waals surface area contributed by atoms with Gasteiger partial charge in [0.05, 0.1) is 23.2 Å². The van der Waals surface area contributed by atoms with E-state index in [9.17, 15) is 4.79 Å². The third-order valence-corrected chi connectivity index (χ3v) is 3.63. The van der Waals surface area contributed by atoms with Crippen LogP contribution in [0.15, 0.2) is 22.2 Å². The molecule has 0 radical (unpaired) electrons. The SMILES string of the molecule is CSc1nc2nc(C)c3c(=O)n(CCO)ccc3n2n1. The molecule has 0 aliphatic heterocycles. The van der Waals surface area contributed by atoms with Crippen molar-refractivity contribution in [3.05, 3.63) is 28.3 Å². The molecule has 0 aromatic carbocycles. The van der Waals surface area contributed by atoms with Gasteiger partial charge in [-0.25, -0.2) is 4.98 Å². The van der Waals surface area contributed by atoms with Crippen LogP contribution >= 0.6 is 11.8 Å². The number of aryl methyl sites for hydroxylation is 1. The zero-order valence-electron chi connectivity index (χ0n) is 11.1. The molecule has 1 N–H and O–H groups in total. The summed E-state index contributed by atoms with van der Waals surface area (Å²) >= 11 is 1.42. The predicted octanol–water partition coefficient (Wildman–Crippen LogP) is 0.462. The van der Waals surface area contributed by atoms with E-state index in [-0.39, 0.29) is 18.7 Å². The van der Waals surface area contributed by atoms with Gasteiger partial charge in [-0.2, -0.15) is 9.50 Å². The molecule has 104 valence electrons. The summed E-state index contributed by atoms with van der Waals surface area (Å²) < 4.78 is 3.05. The summed E-state index contributed by atoms with van der Waals surface area (Å²) in [7, 11) is 0. The van der Waals surface area contributed by atoms with Crippen LogP contribution in [0, 0.1) is 6.92 Å². The fourth-order valence-electron chi connectivity index (χ4n) is 2.18. The Balaban J connectivity index is 2.42. The van der Waals surface area contributed by atoms with Crippen molar-refractivity contribution in [3.63, 3.8) is 0 Å². The fourth-order valence-corrected chi connectivity index (χ4v) is 2.51.